The first kappa shape index (κ1) is 23.6. The molecule has 33 heavy (non-hydrogen) atoms. The minimum atomic E-state index is -4.59. The third-order valence-corrected chi connectivity index (χ3v) is 4.58. The van der Waals surface area contributed by atoms with E-state index >= 15 is 0 Å². The van der Waals surface area contributed by atoms with Crippen LogP contribution in [0.5, 0.6) is 0 Å². The number of halogens is 3. The summed E-state index contributed by atoms with van der Waals surface area (Å²) >= 11 is 0. The fourth-order valence-electron chi connectivity index (χ4n) is 2.93. The van der Waals surface area contributed by atoms with Gasteiger partial charge in [-0.25, -0.2) is 4.98 Å². The van der Waals surface area contributed by atoms with Crippen LogP contribution in [0, 0.1) is 18.3 Å². The Labute approximate surface area is 187 Å². The van der Waals surface area contributed by atoms with Gasteiger partial charge in [-0.2, -0.15) is 18.4 Å². The molecule has 11 heteroatoms. The van der Waals surface area contributed by atoms with Gasteiger partial charge in [-0.15, -0.1) is 0 Å². The van der Waals surface area contributed by atoms with Crippen LogP contribution < -0.4 is 10.6 Å². The van der Waals surface area contributed by atoms with Crippen molar-refractivity contribution >= 4 is 17.4 Å². The number of rotatable bonds is 7. The number of pyridine rings is 3. The van der Waals surface area contributed by atoms with Gasteiger partial charge in [0.1, 0.15) is 17.6 Å². The van der Waals surface area contributed by atoms with Crippen molar-refractivity contribution in [2.75, 3.05) is 30.9 Å². The molecule has 3 aromatic heterocycles. The number of anilines is 2. The summed E-state index contributed by atoms with van der Waals surface area (Å²) in [7, 11) is 1.56. The lowest BCUT2D eigenvalue weighted by Gasteiger charge is -2.12. The maximum atomic E-state index is 12.9. The first-order valence-corrected chi connectivity index (χ1v) is 9.67. The van der Waals surface area contributed by atoms with E-state index < -0.39 is 17.6 Å². The Morgan fingerprint density at radius 3 is 2.67 bits per heavy atom. The number of nitrogens with zero attached hydrogens (tertiary/aromatic N) is 4. The molecule has 0 aliphatic rings. The number of carbonyl (C=O) groups excluding carboxylic acids is 1. The SMILES string of the molecule is COCCNc1ncc(-c2cc(NC(=O)c3cc(C(F)(F)F)ccn3)cnc2C)cc1C#N. The lowest BCUT2D eigenvalue weighted by atomic mass is 10.0. The Balaban J connectivity index is 1.86. The van der Waals surface area contributed by atoms with Crippen molar-refractivity contribution < 1.29 is 22.7 Å². The number of nitrogens with one attached hydrogen (secondary N) is 2. The Morgan fingerprint density at radius 2 is 1.97 bits per heavy atom. The molecule has 0 radical (unpaired) electrons. The smallest absolute Gasteiger partial charge is 0.383 e. The van der Waals surface area contributed by atoms with Gasteiger partial charge in [0.2, 0.25) is 0 Å². The van der Waals surface area contributed by atoms with Crippen LogP contribution in [-0.4, -0.2) is 41.1 Å². The highest BCUT2D eigenvalue weighted by Crippen LogP contribution is 2.30. The molecule has 170 valence electrons. The molecule has 0 spiro atoms. The monoisotopic (exact) mass is 456 g/mol. The fourth-order valence-corrected chi connectivity index (χ4v) is 2.93. The lowest BCUT2D eigenvalue weighted by Crippen LogP contribution is -2.16. The van der Waals surface area contributed by atoms with Crippen LogP contribution in [0.2, 0.25) is 0 Å². The molecule has 0 aliphatic heterocycles. The Kier molecular flexibility index (Phi) is 7.20. The van der Waals surface area contributed by atoms with Crippen molar-refractivity contribution in [1.29, 1.82) is 5.26 Å². The average Bonchev–Trinajstić information content (AvgIpc) is 2.80. The van der Waals surface area contributed by atoms with Crippen molar-refractivity contribution in [3.05, 3.63) is 65.4 Å². The van der Waals surface area contributed by atoms with Gasteiger partial charge < -0.3 is 15.4 Å². The second-order valence-corrected chi connectivity index (χ2v) is 6.89. The predicted octanol–water partition coefficient (Wildman–Crippen LogP) is 4.05. The van der Waals surface area contributed by atoms with Gasteiger partial charge in [-0.05, 0) is 31.2 Å². The molecule has 0 aliphatic carbocycles. The molecule has 0 bridgehead atoms. The Bertz CT molecular complexity index is 1210. The van der Waals surface area contributed by atoms with Crippen LogP contribution >= 0.6 is 0 Å². The maximum Gasteiger partial charge on any atom is 0.416 e. The molecule has 0 saturated heterocycles. The Hall–Kier alpha value is -4.04. The molecule has 3 rings (SSSR count). The van der Waals surface area contributed by atoms with Gasteiger partial charge in [0, 0.05) is 42.9 Å². The van der Waals surface area contributed by atoms with Gasteiger partial charge >= 0.3 is 6.18 Å². The van der Waals surface area contributed by atoms with E-state index in [2.05, 4.69) is 31.7 Å². The van der Waals surface area contributed by atoms with E-state index in [1.165, 1.54) is 6.20 Å². The van der Waals surface area contributed by atoms with Crippen LogP contribution in [0.25, 0.3) is 11.1 Å². The van der Waals surface area contributed by atoms with Crippen molar-refractivity contribution in [1.82, 2.24) is 15.0 Å². The number of nitriles is 1. The largest absolute Gasteiger partial charge is 0.416 e. The van der Waals surface area contributed by atoms with Crippen molar-refractivity contribution in [2.45, 2.75) is 13.1 Å². The van der Waals surface area contributed by atoms with E-state index in [4.69, 9.17) is 4.74 Å². The highest BCUT2D eigenvalue weighted by atomic mass is 19.4. The summed E-state index contributed by atoms with van der Waals surface area (Å²) in [5.74, 6) is -0.407. The van der Waals surface area contributed by atoms with E-state index in [-0.39, 0.29) is 11.4 Å². The molecule has 3 aromatic rings. The van der Waals surface area contributed by atoms with Crippen LogP contribution in [-0.2, 0) is 10.9 Å². The zero-order valence-electron chi connectivity index (χ0n) is 17.7. The van der Waals surface area contributed by atoms with Gasteiger partial charge in [0.15, 0.2) is 0 Å². The molecule has 1 amide bonds. The zero-order chi connectivity index (χ0) is 24.0. The van der Waals surface area contributed by atoms with Gasteiger partial charge in [0.05, 0.1) is 29.6 Å². The first-order chi connectivity index (χ1) is 15.7. The molecule has 0 atom stereocenters. The topological polar surface area (TPSA) is 113 Å². The normalized spacial score (nSPS) is 11.0. The molecule has 8 nitrogen and oxygen atoms in total. The van der Waals surface area contributed by atoms with Gasteiger partial charge in [-0.1, -0.05) is 0 Å². The number of hydrogen-bond acceptors (Lipinski definition) is 7. The van der Waals surface area contributed by atoms with Crippen molar-refractivity contribution in [3.63, 3.8) is 0 Å². The summed E-state index contributed by atoms with van der Waals surface area (Å²) in [4.78, 5) is 24.7. The second-order valence-electron chi connectivity index (χ2n) is 6.89. The van der Waals surface area contributed by atoms with E-state index in [0.717, 1.165) is 12.3 Å². The second kappa shape index (κ2) is 10.1. The third kappa shape index (κ3) is 5.81. The van der Waals surface area contributed by atoms with Crippen LogP contribution in [0.3, 0.4) is 0 Å². The minimum Gasteiger partial charge on any atom is -0.383 e. The van der Waals surface area contributed by atoms with Crippen LogP contribution in [0.1, 0.15) is 27.3 Å². The Morgan fingerprint density at radius 1 is 1.18 bits per heavy atom. The van der Waals surface area contributed by atoms with E-state index in [9.17, 15) is 23.2 Å². The number of hydrogen-bond donors (Lipinski definition) is 2. The summed E-state index contributed by atoms with van der Waals surface area (Å²) in [5.41, 5.74) is 0.994. The highest BCUT2D eigenvalue weighted by molar-refractivity contribution is 6.03. The van der Waals surface area contributed by atoms with Crippen LogP contribution in [0.4, 0.5) is 24.7 Å². The van der Waals surface area contributed by atoms with E-state index in [1.54, 1.807) is 32.4 Å². The maximum absolute atomic E-state index is 12.9. The average molecular weight is 456 g/mol. The molecule has 0 saturated carbocycles. The number of aromatic nitrogens is 3. The van der Waals surface area contributed by atoms with Crippen molar-refractivity contribution in [2.24, 2.45) is 0 Å². The number of alkyl halides is 3. The van der Waals surface area contributed by atoms with E-state index in [1.807, 2.05) is 0 Å². The summed E-state index contributed by atoms with van der Waals surface area (Å²) in [6, 6.07) is 6.78. The quantitative estimate of drug-likeness (QED) is 0.516. The van der Waals surface area contributed by atoms with Gasteiger partial charge in [0.25, 0.3) is 5.91 Å². The van der Waals surface area contributed by atoms with Crippen molar-refractivity contribution in [3.8, 4) is 17.2 Å². The molecule has 0 unspecified atom stereocenters. The first-order valence-electron chi connectivity index (χ1n) is 9.67. The molecule has 0 fully saturated rings. The summed E-state index contributed by atoms with van der Waals surface area (Å²) < 4.78 is 43.7. The standard InChI is InChI=1S/C22H19F3N6O2/c1-13-18(15-7-14(10-26)20(30-11-15)28-5-6-33-2)9-17(12-29-13)31-21(32)19-8-16(3-4-27-19)22(23,24)25/h3-4,7-9,11-12H,5-6H2,1-2H3,(H,28,30)(H,31,32). The molecule has 3 heterocycles. The number of methoxy groups -OCH3 is 1. The minimum absolute atomic E-state index is 0.251. The van der Waals surface area contributed by atoms with E-state index in [0.29, 0.717) is 47.4 Å². The fraction of sp³-hybridized carbons (Fsp3) is 0.227. The summed E-state index contributed by atoms with van der Waals surface area (Å²) in [6.45, 7) is 2.66. The molecular weight excluding hydrogens is 437 g/mol. The predicted molar refractivity (Wildman–Crippen MR) is 114 cm³/mol. The summed E-state index contributed by atoms with van der Waals surface area (Å²) in [6.07, 6.45) is -0.732. The lowest BCUT2D eigenvalue weighted by molar-refractivity contribution is -0.137. The summed E-state index contributed by atoms with van der Waals surface area (Å²) in [5, 5.41) is 15.0. The van der Waals surface area contributed by atoms with Gasteiger partial charge in [-0.3, -0.25) is 14.8 Å². The third-order valence-electron chi connectivity index (χ3n) is 4.58. The molecular formula is C22H19F3N6O2. The van der Waals surface area contributed by atoms with Crippen LogP contribution in [0.15, 0.2) is 42.9 Å². The molecule has 0 aromatic carbocycles. The zero-order valence-corrected chi connectivity index (χ0v) is 17.7. The number of aryl methyl sites for hydroxylation is 1. The number of amides is 1. The number of carbonyl (C=O) groups is 1. The molecule has 2 N–H and O–H groups in total. The highest BCUT2D eigenvalue weighted by Gasteiger charge is 2.31. The number of ether oxygens (including phenoxy) is 1.